The molecule has 27 heavy (non-hydrogen) atoms. The Labute approximate surface area is 155 Å². The number of rotatable bonds is 3. The molecule has 2 amide bonds. The normalized spacial score (nSPS) is 18.5. The van der Waals surface area contributed by atoms with Crippen molar-refractivity contribution in [1.82, 2.24) is 0 Å². The molecule has 0 saturated carbocycles. The van der Waals surface area contributed by atoms with E-state index in [2.05, 4.69) is 5.32 Å². The van der Waals surface area contributed by atoms with Crippen LogP contribution >= 0.6 is 0 Å². The van der Waals surface area contributed by atoms with Crippen molar-refractivity contribution in [2.45, 2.75) is 13.3 Å². The minimum absolute atomic E-state index is 0.106. The molecule has 2 heterocycles. The molecule has 1 atom stereocenters. The van der Waals surface area contributed by atoms with Crippen LogP contribution in [0.1, 0.15) is 12.0 Å². The van der Waals surface area contributed by atoms with Crippen LogP contribution in [-0.2, 0) is 9.59 Å². The van der Waals surface area contributed by atoms with Crippen LogP contribution in [0.5, 0.6) is 11.5 Å². The second-order valence-corrected chi connectivity index (χ2v) is 6.69. The van der Waals surface area contributed by atoms with E-state index in [0.717, 1.165) is 0 Å². The van der Waals surface area contributed by atoms with E-state index in [1.165, 1.54) is 6.07 Å². The Kier molecular flexibility index (Phi) is 4.43. The van der Waals surface area contributed by atoms with Crippen molar-refractivity contribution in [3.63, 3.8) is 0 Å². The number of nitrogens with zero attached hydrogens (tertiary/aromatic N) is 1. The molecule has 0 aromatic heterocycles. The molecule has 0 radical (unpaired) electrons. The van der Waals surface area contributed by atoms with Crippen molar-refractivity contribution in [1.29, 1.82) is 0 Å². The highest BCUT2D eigenvalue weighted by atomic mass is 19.1. The smallest absolute Gasteiger partial charge is 0.229 e. The Hall–Kier alpha value is -3.09. The summed E-state index contributed by atoms with van der Waals surface area (Å²) in [7, 11) is 0. The van der Waals surface area contributed by atoms with Crippen LogP contribution in [0.25, 0.3) is 0 Å². The standard InChI is InChI=1S/C20H19FN2O4/c1-12-2-3-14(9-16(12)21)22-20(25)13-8-19(24)23(11-13)15-4-5-17-18(10-15)27-7-6-26-17/h2-5,9-10,13H,6-8,11H2,1H3,(H,22,25). The number of ether oxygens (including phenoxy) is 2. The number of amides is 2. The van der Waals surface area contributed by atoms with Crippen molar-refractivity contribution in [2.75, 3.05) is 30.0 Å². The third-order valence-corrected chi connectivity index (χ3v) is 4.77. The van der Waals surface area contributed by atoms with Gasteiger partial charge in [-0.05, 0) is 36.8 Å². The molecular formula is C20H19FN2O4. The van der Waals surface area contributed by atoms with Gasteiger partial charge >= 0.3 is 0 Å². The lowest BCUT2D eigenvalue weighted by Gasteiger charge is -2.22. The lowest BCUT2D eigenvalue weighted by atomic mass is 10.1. The fraction of sp³-hybridized carbons (Fsp3) is 0.300. The van der Waals surface area contributed by atoms with Gasteiger partial charge in [0.2, 0.25) is 11.8 Å². The van der Waals surface area contributed by atoms with Gasteiger partial charge in [-0.15, -0.1) is 0 Å². The van der Waals surface area contributed by atoms with Gasteiger partial charge in [-0.3, -0.25) is 9.59 Å². The molecule has 4 rings (SSSR count). The highest BCUT2D eigenvalue weighted by molar-refractivity contribution is 6.03. The lowest BCUT2D eigenvalue weighted by Crippen LogP contribution is -2.28. The number of hydrogen-bond acceptors (Lipinski definition) is 4. The number of fused-ring (bicyclic) bond motifs is 1. The molecule has 1 saturated heterocycles. The molecule has 2 aliphatic rings. The summed E-state index contributed by atoms with van der Waals surface area (Å²) in [5.74, 6) is -0.0845. The zero-order valence-electron chi connectivity index (χ0n) is 14.8. The predicted molar refractivity (Wildman–Crippen MR) is 97.7 cm³/mol. The molecule has 1 unspecified atom stereocenters. The third-order valence-electron chi connectivity index (χ3n) is 4.77. The molecule has 2 aliphatic heterocycles. The zero-order chi connectivity index (χ0) is 19.0. The molecule has 7 heteroatoms. The summed E-state index contributed by atoms with van der Waals surface area (Å²) < 4.78 is 24.7. The van der Waals surface area contributed by atoms with Crippen LogP contribution in [0.2, 0.25) is 0 Å². The van der Waals surface area contributed by atoms with Crippen molar-refractivity contribution >= 4 is 23.2 Å². The maximum Gasteiger partial charge on any atom is 0.229 e. The molecular weight excluding hydrogens is 351 g/mol. The molecule has 1 fully saturated rings. The van der Waals surface area contributed by atoms with E-state index in [9.17, 15) is 14.0 Å². The number of hydrogen-bond donors (Lipinski definition) is 1. The number of anilines is 2. The van der Waals surface area contributed by atoms with Crippen LogP contribution < -0.4 is 19.7 Å². The van der Waals surface area contributed by atoms with Crippen molar-refractivity contribution < 1.29 is 23.5 Å². The summed E-state index contributed by atoms with van der Waals surface area (Å²) in [4.78, 5) is 26.5. The summed E-state index contributed by atoms with van der Waals surface area (Å²) in [6.45, 7) is 2.87. The Morgan fingerprint density at radius 1 is 1.15 bits per heavy atom. The van der Waals surface area contributed by atoms with Crippen molar-refractivity contribution in [3.8, 4) is 11.5 Å². The van der Waals surface area contributed by atoms with E-state index >= 15 is 0 Å². The Bertz CT molecular complexity index is 915. The van der Waals surface area contributed by atoms with Gasteiger partial charge in [-0.1, -0.05) is 6.07 Å². The molecule has 0 bridgehead atoms. The molecule has 6 nitrogen and oxygen atoms in total. The summed E-state index contributed by atoms with van der Waals surface area (Å²) in [5, 5.41) is 2.69. The van der Waals surface area contributed by atoms with Gasteiger partial charge in [0.1, 0.15) is 19.0 Å². The van der Waals surface area contributed by atoms with Crippen molar-refractivity contribution in [3.05, 3.63) is 47.8 Å². The van der Waals surface area contributed by atoms with E-state index in [1.807, 2.05) is 0 Å². The Balaban J connectivity index is 1.47. The summed E-state index contributed by atoms with van der Waals surface area (Å²) >= 11 is 0. The quantitative estimate of drug-likeness (QED) is 0.902. The number of benzene rings is 2. The molecule has 2 aromatic carbocycles. The van der Waals surface area contributed by atoms with Crippen LogP contribution in [0, 0.1) is 18.7 Å². The SMILES string of the molecule is Cc1ccc(NC(=O)C2CC(=O)N(c3ccc4c(c3)OCCO4)C2)cc1F. The number of aryl methyl sites for hydroxylation is 1. The van der Waals surface area contributed by atoms with Gasteiger partial charge in [0, 0.05) is 30.4 Å². The van der Waals surface area contributed by atoms with E-state index in [0.29, 0.717) is 41.7 Å². The molecule has 140 valence electrons. The summed E-state index contributed by atoms with van der Waals surface area (Å²) in [6, 6.07) is 9.82. The molecule has 2 aromatic rings. The van der Waals surface area contributed by atoms with Crippen LogP contribution in [0.3, 0.4) is 0 Å². The minimum Gasteiger partial charge on any atom is -0.486 e. The summed E-state index contributed by atoms with van der Waals surface area (Å²) in [6.07, 6.45) is 0.106. The lowest BCUT2D eigenvalue weighted by molar-refractivity contribution is -0.122. The fourth-order valence-electron chi connectivity index (χ4n) is 3.25. The maximum atomic E-state index is 13.7. The van der Waals surface area contributed by atoms with Crippen LogP contribution in [0.4, 0.5) is 15.8 Å². The van der Waals surface area contributed by atoms with Gasteiger partial charge in [0.15, 0.2) is 11.5 Å². The van der Waals surface area contributed by atoms with E-state index < -0.39 is 5.92 Å². The van der Waals surface area contributed by atoms with Crippen LogP contribution in [0.15, 0.2) is 36.4 Å². The molecule has 0 spiro atoms. The first-order valence-electron chi connectivity index (χ1n) is 8.78. The van der Waals surface area contributed by atoms with Crippen LogP contribution in [-0.4, -0.2) is 31.6 Å². The van der Waals surface area contributed by atoms with Gasteiger partial charge in [-0.25, -0.2) is 4.39 Å². The van der Waals surface area contributed by atoms with Crippen molar-refractivity contribution in [2.24, 2.45) is 5.92 Å². The highest BCUT2D eigenvalue weighted by Gasteiger charge is 2.35. The number of nitrogens with one attached hydrogen (secondary N) is 1. The van der Waals surface area contributed by atoms with E-state index in [1.54, 1.807) is 42.2 Å². The third kappa shape index (κ3) is 3.45. The first-order chi connectivity index (χ1) is 13.0. The largest absolute Gasteiger partial charge is 0.486 e. The second-order valence-electron chi connectivity index (χ2n) is 6.69. The van der Waals surface area contributed by atoms with Gasteiger partial charge < -0.3 is 19.7 Å². The highest BCUT2D eigenvalue weighted by Crippen LogP contribution is 2.36. The zero-order valence-corrected chi connectivity index (χ0v) is 14.8. The van der Waals surface area contributed by atoms with E-state index in [-0.39, 0.29) is 30.6 Å². The number of carbonyl (C=O) groups excluding carboxylic acids is 2. The first kappa shape index (κ1) is 17.3. The summed E-state index contributed by atoms with van der Waals surface area (Å²) in [5.41, 5.74) is 1.56. The molecule has 1 N–H and O–H groups in total. The average molecular weight is 370 g/mol. The molecule has 0 aliphatic carbocycles. The topological polar surface area (TPSA) is 67.9 Å². The fourth-order valence-corrected chi connectivity index (χ4v) is 3.25. The number of halogens is 1. The van der Waals surface area contributed by atoms with E-state index in [4.69, 9.17) is 9.47 Å². The average Bonchev–Trinajstić information content (AvgIpc) is 3.06. The predicted octanol–water partition coefficient (Wildman–Crippen LogP) is 2.90. The Morgan fingerprint density at radius 2 is 1.93 bits per heavy atom. The monoisotopic (exact) mass is 370 g/mol. The Morgan fingerprint density at radius 3 is 2.70 bits per heavy atom. The second kappa shape index (κ2) is 6.90. The maximum absolute atomic E-state index is 13.7. The van der Waals surface area contributed by atoms with Gasteiger partial charge in [0.05, 0.1) is 5.92 Å². The van der Waals surface area contributed by atoms with Gasteiger partial charge in [-0.2, -0.15) is 0 Å². The number of carbonyl (C=O) groups is 2. The first-order valence-corrected chi connectivity index (χ1v) is 8.78. The van der Waals surface area contributed by atoms with Gasteiger partial charge in [0.25, 0.3) is 0 Å². The minimum atomic E-state index is -0.505.